The van der Waals surface area contributed by atoms with E-state index in [0.29, 0.717) is 5.56 Å². The minimum atomic E-state index is -0.955. The zero-order valence-corrected chi connectivity index (χ0v) is 10.3. The minimum absolute atomic E-state index is 0.391. The molecule has 1 atom stereocenters. The molecular weight excluding hydrogens is 246 g/mol. The number of hydrogen-bond acceptors (Lipinski definition) is 2. The molecule has 0 fully saturated rings. The van der Waals surface area contributed by atoms with Crippen LogP contribution < -0.4 is 5.32 Å². The number of halogens is 2. The number of nitrogens with zero attached hydrogens (tertiary/aromatic N) is 1. The molecule has 2 aromatic carbocycles. The summed E-state index contributed by atoms with van der Waals surface area (Å²) < 4.78 is 26.0. The highest BCUT2D eigenvalue weighted by atomic mass is 19.2. The Bertz CT molecular complexity index is 615. The molecule has 19 heavy (non-hydrogen) atoms. The average Bonchev–Trinajstić information content (AvgIpc) is 2.41. The highest BCUT2D eigenvalue weighted by molar-refractivity contribution is 5.48. The summed E-state index contributed by atoms with van der Waals surface area (Å²) in [5.41, 5.74) is 2.25. The second kappa shape index (κ2) is 5.49. The maximum absolute atomic E-state index is 13.2. The van der Waals surface area contributed by atoms with E-state index in [2.05, 4.69) is 5.32 Å². The van der Waals surface area contributed by atoms with Crippen molar-refractivity contribution >= 4 is 5.69 Å². The third-order valence-electron chi connectivity index (χ3n) is 2.77. The van der Waals surface area contributed by atoms with Gasteiger partial charge in [0, 0.05) is 5.69 Å². The van der Waals surface area contributed by atoms with Crippen LogP contribution in [0.2, 0.25) is 0 Å². The van der Waals surface area contributed by atoms with Crippen LogP contribution in [0.1, 0.15) is 17.2 Å². The van der Waals surface area contributed by atoms with Crippen molar-refractivity contribution in [1.82, 2.24) is 0 Å². The lowest BCUT2D eigenvalue weighted by Crippen LogP contribution is -2.09. The topological polar surface area (TPSA) is 35.8 Å². The molecule has 0 aliphatic rings. The molecule has 0 radical (unpaired) electrons. The van der Waals surface area contributed by atoms with Crippen LogP contribution in [0.5, 0.6) is 0 Å². The van der Waals surface area contributed by atoms with E-state index in [9.17, 15) is 8.78 Å². The van der Waals surface area contributed by atoms with Crippen molar-refractivity contribution in [2.75, 3.05) is 5.32 Å². The first-order valence-electron chi connectivity index (χ1n) is 5.78. The van der Waals surface area contributed by atoms with Gasteiger partial charge in [-0.05, 0) is 36.8 Å². The molecule has 0 aliphatic carbocycles. The molecule has 2 rings (SSSR count). The molecule has 0 aromatic heterocycles. The van der Waals surface area contributed by atoms with Crippen molar-refractivity contribution in [2.45, 2.75) is 13.0 Å². The number of benzene rings is 2. The van der Waals surface area contributed by atoms with E-state index in [1.807, 2.05) is 37.3 Å². The van der Waals surface area contributed by atoms with Gasteiger partial charge in [0.15, 0.2) is 11.6 Å². The van der Waals surface area contributed by atoms with Crippen LogP contribution >= 0.6 is 0 Å². The number of rotatable bonds is 3. The van der Waals surface area contributed by atoms with E-state index in [4.69, 9.17) is 5.26 Å². The Hall–Kier alpha value is -2.41. The summed E-state index contributed by atoms with van der Waals surface area (Å²) in [7, 11) is 0. The smallest absolute Gasteiger partial charge is 0.159 e. The highest BCUT2D eigenvalue weighted by Crippen LogP contribution is 2.21. The van der Waals surface area contributed by atoms with Gasteiger partial charge in [0.1, 0.15) is 6.04 Å². The van der Waals surface area contributed by atoms with Gasteiger partial charge in [-0.1, -0.05) is 23.8 Å². The minimum Gasteiger partial charge on any atom is -0.366 e. The molecule has 1 unspecified atom stereocenters. The summed E-state index contributed by atoms with van der Waals surface area (Å²) in [6.07, 6.45) is 0. The summed E-state index contributed by atoms with van der Waals surface area (Å²) in [5, 5.41) is 12.1. The lowest BCUT2D eigenvalue weighted by Gasteiger charge is -2.13. The molecule has 0 saturated heterocycles. The number of anilines is 1. The molecule has 1 N–H and O–H groups in total. The first kappa shape index (κ1) is 13.0. The Morgan fingerprint density at radius 3 is 2.32 bits per heavy atom. The van der Waals surface area contributed by atoms with E-state index in [1.165, 1.54) is 6.07 Å². The van der Waals surface area contributed by atoms with Crippen LogP contribution in [-0.4, -0.2) is 0 Å². The van der Waals surface area contributed by atoms with Gasteiger partial charge in [-0.3, -0.25) is 0 Å². The predicted octanol–water partition coefficient (Wildman–Crippen LogP) is 3.95. The number of aryl methyl sites for hydroxylation is 1. The van der Waals surface area contributed by atoms with Crippen LogP contribution in [-0.2, 0) is 0 Å². The van der Waals surface area contributed by atoms with Crippen molar-refractivity contribution in [3.63, 3.8) is 0 Å². The van der Waals surface area contributed by atoms with Crippen molar-refractivity contribution in [3.05, 3.63) is 65.2 Å². The van der Waals surface area contributed by atoms with Gasteiger partial charge in [-0.2, -0.15) is 5.26 Å². The van der Waals surface area contributed by atoms with Gasteiger partial charge < -0.3 is 5.32 Å². The highest BCUT2D eigenvalue weighted by Gasteiger charge is 2.12. The average molecular weight is 258 g/mol. The fourth-order valence-corrected chi connectivity index (χ4v) is 1.70. The van der Waals surface area contributed by atoms with Crippen molar-refractivity contribution in [3.8, 4) is 6.07 Å². The fourth-order valence-electron chi connectivity index (χ4n) is 1.70. The van der Waals surface area contributed by atoms with Crippen LogP contribution in [0.25, 0.3) is 0 Å². The van der Waals surface area contributed by atoms with E-state index in [1.54, 1.807) is 0 Å². The monoisotopic (exact) mass is 258 g/mol. The van der Waals surface area contributed by atoms with Crippen molar-refractivity contribution in [1.29, 1.82) is 5.26 Å². The van der Waals surface area contributed by atoms with Crippen molar-refractivity contribution < 1.29 is 8.78 Å². The maximum Gasteiger partial charge on any atom is 0.159 e. The van der Waals surface area contributed by atoms with Crippen molar-refractivity contribution in [2.24, 2.45) is 0 Å². The summed E-state index contributed by atoms with van der Waals surface area (Å²) in [4.78, 5) is 0. The van der Waals surface area contributed by atoms with Gasteiger partial charge in [0.25, 0.3) is 0 Å². The Morgan fingerprint density at radius 1 is 1.05 bits per heavy atom. The van der Waals surface area contributed by atoms with E-state index in [0.717, 1.165) is 23.4 Å². The third-order valence-corrected chi connectivity index (χ3v) is 2.77. The van der Waals surface area contributed by atoms with Gasteiger partial charge in [-0.15, -0.1) is 0 Å². The van der Waals surface area contributed by atoms with Crippen LogP contribution in [0.4, 0.5) is 14.5 Å². The summed E-state index contributed by atoms with van der Waals surface area (Å²) in [5.74, 6) is -1.88. The third kappa shape index (κ3) is 3.08. The molecule has 0 amide bonds. The molecule has 0 bridgehead atoms. The molecule has 0 aliphatic heterocycles. The quantitative estimate of drug-likeness (QED) is 0.904. The largest absolute Gasteiger partial charge is 0.366 e. The summed E-state index contributed by atoms with van der Waals surface area (Å²) in [6.45, 7) is 1.96. The Balaban J connectivity index is 2.23. The van der Waals surface area contributed by atoms with Crippen LogP contribution in [0.15, 0.2) is 42.5 Å². The standard InChI is InChI=1S/C15H12F2N2/c1-10-2-5-12(6-3-10)19-15(9-18)11-4-7-13(16)14(17)8-11/h2-8,15,19H,1H3. The Labute approximate surface area is 110 Å². The number of nitrogens with one attached hydrogen (secondary N) is 1. The fraction of sp³-hybridized carbons (Fsp3) is 0.133. The lowest BCUT2D eigenvalue weighted by atomic mass is 10.1. The zero-order chi connectivity index (χ0) is 13.8. The molecule has 2 aromatic rings. The normalized spacial score (nSPS) is 11.7. The summed E-state index contributed by atoms with van der Waals surface area (Å²) in [6, 6.07) is 12.2. The predicted molar refractivity (Wildman–Crippen MR) is 69.5 cm³/mol. The molecule has 96 valence electrons. The lowest BCUT2D eigenvalue weighted by molar-refractivity contribution is 0.507. The van der Waals surface area contributed by atoms with E-state index < -0.39 is 17.7 Å². The maximum atomic E-state index is 13.2. The van der Waals surface area contributed by atoms with Gasteiger partial charge in [0.2, 0.25) is 0 Å². The number of nitriles is 1. The molecule has 4 heteroatoms. The zero-order valence-electron chi connectivity index (χ0n) is 10.3. The first-order chi connectivity index (χ1) is 9.10. The van der Waals surface area contributed by atoms with Crippen LogP contribution in [0, 0.1) is 29.9 Å². The summed E-state index contributed by atoms with van der Waals surface area (Å²) >= 11 is 0. The second-order valence-corrected chi connectivity index (χ2v) is 4.25. The van der Waals surface area contributed by atoms with Gasteiger partial charge >= 0.3 is 0 Å². The Kier molecular flexibility index (Phi) is 3.76. The molecule has 0 heterocycles. The molecule has 0 spiro atoms. The van der Waals surface area contributed by atoms with Gasteiger partial charge in [-0.25, -0.2) is 8.78 Å². The molecule has 2 nitrogen and oxygen atoms in total. The molecule has 0 saturated carbocycles. The molecular formula is C15H12F2N2. The van der Waals surface area contributed by atoms with E-state index in [-0.39, 0.29) is 0 Å². The van der Waals surface area contributed by atoms with E-state index >= 15 is 0 Å². The van der Waals surface area contributed by atoms with Crippen LogP contribution in [0.3, 0.4) is 0 Å². The SMILES string of the molecule is Cc1ccc(NC(C#N)c2ccc(F)c(F)c2)cc1. The number of hydrogen-bond donors (Lipinski definition) is 1. The Morgan fingerprint density at radius 2 is 1.74 bits per heavy atom. The second-order valence-electron chi connectivity index (χ2n) is 4.25. The van der Waals surface area contributed by atoms with Gasteiger partial charge in [0.05, 0.1) is 6.07 Å². The first-order valence-corrected chi connectivity index (χ1v) is 5.78.